The summed E-state index contributed by atoms with van der Waals surface area (Å²) < 4.78 is 13.5. The van der Waals surface area contributed by atoms with Crippen molar-refractivity contribution in [1.82, 2.24) is 9.88 Å². The van der Waals surface area contributed by atoms with Crippen LogP contribution < -0.4 is 0 Å². The van der Waals surface area contributed by atoms with Crippen LogP contribution in [0.5, 0.6) is 0 Å². The number of benzene rings is 1. The molecule has 116 valence electrons. The van der Waals surface area contributed by atoms with Crippen molar-refractivity contribution in [1.29, 1.82) is 0 Å². The first kappa shape index (κ1) is 15.4. The van der Waals surface area contributed by atoms with E-state index in [0.29, 0.717) is 22.9 Å². The molecule has 0 N–H and O–H groups in total. The van der Waals surface area contributed by atoms with Gasteiger partial charge in [0, 0.05) is 17.4 Å². The zero-order chi connectivity index (χ0) is 15.5. The normalized spacial score (nSPS) is 15.5. The third-order valence-corrected chi connectivity index (χ3v) is 4.31. The second-order valence-corrected chi connectivity index (χ2v) is 6.12. The highest BCUT2D eigenvalue weighted by Gasteiger charge is 2.15. The summed E-state index contributed by atoms with van der Waals surface area (Å²) in [5.41, 5.74) is 1.02. The lowest BCUT2D eigenvalue weighted by atomic mass is 10.0. The molecule has 0 bridgehead atoms. The van der Waals surface area contributed by atoms with Crippen molar-refractivity contribution in [2.24, 2.45) is 0 Å². The highest BCUT2D eigenvalue weighted by Crippen LogP contribution is 2.23. The number of rotatable bonds is 5. The molecule has 1 aromatic carbocycles. The van der Waals surface area contributed by atoms with Gasteiger partial charge in [-0.2, -0.15) is 0 Å². The van der Waals surface area contributed by atoms with Crippen LogP contribution in [0.15, 0.2) is 24.3 Å². The molecule has 3 rings (SSSR count). The smallest absolute Gasteiger partial charge is 0.163 e. The maximum Gasteiger partial charge on any atom is 0.163 e. The van der Waals surface area contributed by atoms with E-state index in [-0.39, 0.29) is 16.8 Å². The van der Waals surface area contributed by atoms with Crippen LogP contribution in [-0.4, -0.2) is 35.3 Å². The summed E-state index contributed by atoms with van der Waals surface area (Å²) in [6, 6.07) is 5.78. The van der Waals surface area contributed by atoms with Gasteiger partial charge in [0.05, 0.1) is 5.52 Å². The first-order valence-electron chi connectivity index (χ1n) is 7.65. The van der Waals surface area contributed by atoms with Gasteiger partial charge in [0.1, 0.15) is 11.0 Å². The summed E-state index contributed by atoms with van der Waals surface area (Å²) in [4.78, 5) is 19.0. The van der Waals surface area contributed by atoms with Crippen LogP contribution in [0.4, 0.5) is 4.39 Å². The number of ketones is 1. The van der Waals surface area contributed by atoms with Gasteiger partial charge in [0.2, 0.25) is 0 Å². The second kappa shape index (κ2) is 6.71. The number of Topliss-reactive ketones (excluding diaryl/α,β-unsaturated/α-hetero) is 1. The molecule has 1 aliphatic heterocycles. The van der Waals surface area contributed by atoms with Crippen molar-refractivity contribution in [2.75, 3.05) is 19.6 Å². The summed E-state index contributed by atoms with van der Waals surface area (Å²) >= 11 is 5.98. The summed E-state index contributed by atoms with van der Waals surface area (Å²) in [7, 11) is 0. The van der Waals surface area contributed by atoms with E-state index in [0.717, 1.165) is 26.1 Å². The fourth-order valence-electron chi connectivity index (χ4n) is 3.00. The van der Waals surface area contributed by atoms with Gasteiger partial charge >= 0.3 is 0 Å². The Bertz CT molecular complexity index is 698. The van der Waals surface area contributed by atoms with E-state index in [1.165, 1.54) is 25.0 Å². The molecule has 22 heavy (non-hydrogen) atoms. The quantitative estimate of drug-likeness (QED) is 0.614. The van der Waals surface area contributed by atoms with Gasteiger partial charge in [-0.1, -0.05) is 11.6 Å². The lowest BCUT2D eigenvalue weighted by Gasteiger charge is -2.14. The molecule has 0 radical (unpaired) electrons. The zero-order valence-corrected chi connectivity index (χ0v) is 13.1. The molecule has 2 heterocycles. The third-order valence-electron chi connectivity index (χ3n) is 4.12. The molecule has 0 aliphatic carbocycles. The van der Waals surface area contributed by atoms with Crippen molar-refractivity contribution in [2.45, 2.75) is 25.7 Å². The minimum atomic E-state index is -0.372. The van der Waals surface area contributed by atoms with E-state index >= 15 is 0 Å². The highest BCUT2D eigenvalue weighted by molar-refractivity contribution is 6.30. The molecule has 0 amide bonds. The summed E-state index contributed by atoms with van der Waals surface area (Å²) in [5.74, 6) is -0.373. The van der Waals surface area contributed by atoms with Crippen molar-refractivity contribution < 1.29 is 9.18 Å². The van der Waals surface area contributed by atoms with Crippen LogP contribution in [0.2, 0.25) is 5.15 Å². The maximum absolute atomic E-state index is 13.5. The minimum Gasteiger partial charge on any atom is -0.303 e. The molecule has 0 spiro atoms. The van der Waals surface area contributed by atoms with E-state index in [9.17, 15) is 9.18 Å². The Hall–Kier alpha value is -1.52. The Morgan fingerprint density at radius 1 is 1.27 bits per heavy atom. The molecule has 2 aromatic rings. The van der Waals surface area contributed by atoms with Crippen LogP contribution in [0.3, 0.4) is 0 Å². The summed E-state index contributed by atoms with van der Waals surface area (Å²) in [6.07, 6.45) is 3.76. The Morgan fingerprint density at radius 2 is 2.05 bits per heavy atom. The predicted molar refractivity (Wildman–Crippen MR) is 85.9 cm³/mol. The number of fused-ring (bicyclic) bond motifs is 1. The van der Waals surface area contributed by atoms with Gasteiger partial charge < -0.3 is 4.90 Å². The van der Waals surface area contributed by atoms with Gasteiger partial charge in [-0.05, 0) is 63.2 Å². The lowest BCUT2D eigenvalue weighted by Crippen LogP contribution is -2.21. The second-order valence-electron chi connectivity index (χ2n) is 5.73. The van der Waals surface area contributed by atoms with Crippen LogP contribution >= 0.6 is 11.6 Å². The zero-order valence-electron chi connectivity index (χ0n) is 12.3. The fourth-order valence-corrected chi connectivity index (χ4v) is 3.20. The molecular weight excluding hydrogens is 303 g/mol. The van der Waals surface area contributed by atoms with Gasteiger partial charge in [0.15, 0.2) is 5.78 Å². The molecule has 0 saturated carbocycles. The monoisotopic (exact) mass is 320 g/mol. The maximum atomic E-state index is 13.5. The number of aromatic nitrogens is 1. The van der Waals surface area contributed by atoms with Crippen molar-refractivity contribution in [3.05, 3.63) is 40.8 Å². The number of nitrogens with zero attached hydrogens (tertiary/aromatic N) is 2. The Labute approximate surface area is 134 Å². The van der Waals surface area contributed by atoms with E-state index in [4.69, 9.17) is 11.6 Å². The molecular formula is C17H18ClFN2O. The van der Waals surface area contributed by atoms with Crippen LogP contribution in [0.1, 0.15) is 36.0 Å². The van der Waals surface area contributed by atoms with E-state index in [1.54, 1.807) is 12.1 Å². The van der Waals surface area contributed by atoms with Crippen molar-refractivity contribution >= 4 is 28.3 Å². The number of hydrogen-bond donors (Lipinski definition) is 0. The summed E-state index contributed by atoms with van der Waals surface area (Å²) in [6.45, 7) is 3.20. The SMILES string of the molecule is O=C(CCCN1CCCC1)c1cc(Cl)nc2ccc(F)cc12. The predicted octanol–water partition coefficient (Wildman–Crippen LogP) is 4.09. The van der Waals surface area contributed by atoms with Gasteiger partial charge in [0.25, 0.3) is 0 Å². The Balaban J connectivity index is 1.76. The van der Waals surface area contributed by atoms with E-state index in [1.807, 2.05) is 0 Å². The van der Waals surface area contributed by atoms with Crippen molar-refractivity contribution in [3.8, 4) is 0 Å². The topological polar surface area (TPSA) is 33.2 Å². The van der Waals surface area contributed by atoms with Crippen LogP contribution in [-0.2, 0) is 0 Å². The standard InChI is InChI=1S/C17H18ClFN2O/c18-17-11-14(13-10-12(19)5-6-15(13)20-17)16(22)4-3-9-21-7-1-2-8-21/h5-6,10-11H,1-4,7-9H2. The number of carbonyl (C=O) groups is 1. The molecule has 1 saturated heterocycles. The molecule has 0 atom stereocenters. The largest absolute Gasteiger partial charge is 0.303 e. The lowest BCUT2D eigenvalue weighted by molar-refractivity contribution is 0.0977. The number of likely N-dealkylation sites (tertiary alicyclic amines) is 1. The van der Waals surface area contributed by atoms with Gasteiger partial charge in [-0.15, -0.1) is 0 Å². The first-order valence-corrected chi connectivity index (χ1v) is 8.02. The molecule has 0 unspecified atom stereocenters. The molecule has 1 fully saturated rings. The number of pyridine rings is 1. The molecule has 1 aromatic heterocycles. The highest BCUT2D eigenvalue weighted by atomic mass is 35.5. The molecule has 5 heteroatoms. The first-order chi connectivity index (χ1) is 10.6. The Kier molecular flexibility index (Phi) is 4.69. The van der Waals surface area contributed by atoms with Crippen LogP contribution in [0.25, 0.3) is 10.9 Å². The summed E-state index contributed by atoms with van der Waals surface area (Å²) in [5, 5.41) is 0.803. The van der Waals surface area contributed by atoms with E-state index < -0.39 is 0 Å². The average Bonchev–Trinajstić information content (AvgIpc) is 3.00. The van der Waals surface area contributed by atoms with Crippen molar-refractivity contribution in [3.63, 3.8) is 0 Å². The third kappa shape index (κ3) is 3.45. The minimum absolute atomic E-state index is 0.000836. The number of carbonyl (C=O) groups excluding carboxylic acids is 1. The molecule has 3 nitrogen and oxygen atoms in total. The van der Waals surface area contributed by atoms with Crippen LogP contribution in [0, 0.1) is 5.82 Å². The Morgan fingerprint density at radius 3 is 2.82 bits per heavy atom. The van der Waals surface area contributed by atoms with E-state index in [2.05, 4.69) is 9.88 Å². The van der Waals surface area contributed by atoms with Gasteiger partial charge in [-0.3, -0.25) is 4.79 Å². The fraction of sp³-hybridized carbons (Fsp3) is 0.412. The molecule has 1 aliphatic rings. The number of halogens is 2. The van der Waals surface area contributed by atoms with Gasteiger partial charge in [-0.25, -0.2) is 9.37 Å². The number of hydrogen-bond acceptors (Lipinski definition) is 3. The average molecular weight is 321 g/mol.